The van der Waals surface area contributed by atoms with Crippen LogP contribution < -0.4 is 5.32 Å². The third-order valence-electron chi connectivity index (χ3n) is 3.39. The molecule has 1 aromatic rings. The fraction of sp³-hybridized carbons (Fsp3) is 0.750. The number of aryl methyl sites for hydroxylation is 1. The van der Waals surface area contributed by atoms with Crippen molar-refractivity contribution in [2.45, 2.75) is 38.5 Å². The molecule has 1 aromatic heterocycles. The molecule has 3 rings (SSSR count). The van der Waals surface area contributed by atoms with Gasteiger partial charge in [-0.05, 0) is 38.3 Å². The van der Waals surface area contributed by atoms with Gasteiger partial charge in [0.25, 0.3) is 0 Å². The average molecular weight is 222 g/mol. The van der Waals surface area contributed by atoms with Crippen molar-refractivity contribution in [1.82, 2.24) is 10.3 Å². The first-order valence-electron chi connectivity index (χ1n) is 6.06. The quantitative estimate of drug-likeness (QED) is 0.846. The number of hydrogen-bond donors (Lipinski definition) is 1. The summed E-state index contributed by atoms with van der Waals surface area (Å²) >= 11 is 1.97. The van der Waals surface area contributed by atoms with Crippen LogP contribution in [0.5, 0.6) is 0 Å². The third kappa shape index (κ3) is 1.95. The van der Waals surface area contributed by atoms with Gasteiger partial charge in [0.2, 0.25) is 0 Å². The molecule has 0 amide bonds. The van der Waals surface area contributed by atoms with E-state index >= 15 is 0 Å². The van der Waals surface area contributed by atoms with E-state index in [1.165, 1.54) is 49.5 Å². The molecule has 2 fully saturated rings. The Bertz CT molecular complexity index is 351. The van der Waals surface area contributed by atoms with E-state index in [1.807, 2.05) is 11.3 Å². The van der Waals surface area contributed by atoms with Crippen LogP contribution in [0, 0.1) is 5.92 Å². The van der Waals surface area contributed by atoms with E-state index in [-0.39, 0.29) is 0 Å². The SMILES string of the molecule is CCc1sc(CC2CNC2)nc1C1CC1. The lowest BCUT2D eigenvalue weighted by Crippen LogP contribution is -2.43. The molecule has 2 aliphatic rings. The molecule has 1 saturated carbocycles. The van der Waals surface area contributed by atoms with E-state index in [0.717, 1.165) is 11.8 Å². The van der Waals surface area contributed by atoms with Crippen molar-refractivity contribution < 1.29 is 0 Å². The van der Waals surface area contributed by atoms with Gasteiger partial charge >= 0.3 is 0 Å². The molecule has 0 unspecified atom stereocenters. The molecule has 1 aliphatic carbocycles. The van der Waals surface area contributed by atoms with E-state index < -0.39 is 0 Å². The Balaban J connectivity index is 1.76. The fourth-order valence-corrected chi connectivity index (χ4v) is 3.38. The first-order valence-corrected chi connectivity index (χ1v) is 6.87. The molecule has 0 spiro atoms. The molecule has 1 saturated heterocycles. The van der Waals surface area contributed by atoms with E-state index in [9.17, 15) is 0 Å². The first kappa shape index (κ1) is 9.79. The lowest BCUT2D eigenvalue weighted by molar-refractivity contribution is 0.346. The highest BCUT2D eigenvalue weighted by Crippen LogP contribution is 2.43. The van der Waals surface area contributed by atoms with Gasteiger partial charge < -0.3 is 5.32 Å². The Kier molecular flexibility index (Phi) is 2.53. The summed E-state index contributed by atoms with van der Waals surface area (Å²) in [7, 11) is 0. The Morgan fingerprint density at radius 1 is 1.40 bits per heavy atom. The number of nitrogens with one attached hydrogen (secondary N) is 1. The number of aromatic nitrogens is 1. The Morgan fingerprint density at radius 3 is 2.73 bits per heavy atom. The fourth-order valence-electron chi connectivity index (χ4n) is 2.17. The van der Waals surface area contributed by atoms with Crippen LogP contribution in [0.3, 0.4) is 0 Å². The minimum absolute atomic E-state index is 0.824. The van der Waals surface area contributed by atoms with Crippen molar-refractivity contribution in [2.24, 2.45) is 5.92 Å². The largest absolute Gasteiger partial charge is 0.316 e. The van der Waals surface area contributed by atoms with Crippen LogP contribution in [0.25, 0.3) is 0 Å². The lowest BCUT2D eigenvalue weighted by atomic mass is 10.0. The first-order chi connectivity index (χ1) is 7.36. The highest BCUT2D eigenvalue weighted by Gasteiger charge is 2.29. The molecule has 1 N–H and O–H groups in total. The monoisotopic (exact) mass is 222 g/mol. The molecule has 1 aliphatic heterocycles. The Labute approximate surface area is 95.1 Å². The predicted molar refractivity (Wildman–Crippen MR) is 63.5 cm³/mol. The minimum atomic E-state index is 0.824. The Morgan fingerprint density at radius 2 is 2.20 bits per heavy atom. The summed E-state index contributed by atoms with van der Waals surface area (Å²) in [5.74, 6) is 1.68. The second-order valence-electron chi connectivity index (χ2n) is 4.77. The molecule has 15 heavy (non-hydrogen) atoms. The van der Waals surface area contributed by atoms with Gasteiger partial charge in [-0.1, -0.05) is 6.92 Å². The maximum atomic E-state index is 4.86. The topological polar surface area (TPSA) is 24.9 Å². The third-order valence-corrected chi connectivity index (χ3v) is 4.62. The molecule has 3 heteroatoms. The Hall–Kier alpha value is -0.410. The normalized spacial score (nSPS) is 21.7. The zero-order chi connectivity index (χ0) is 10.3. The zero-order valence-corrected chi connectivity index (χ0v) is 10.1. The molecule has 0 radical (unpaired) electrons. The maximum absolute atomic E-state index is 4.86. The van der Waals surface area contributed by atoms with Gasteiger partial charge in [-0.2, -0.15) is 0 Å². The van der Waals surface area contributed by atoms with Gasteiger partial charge in [-0.3, -0.25) is 0 Å². The van der Waals surface area contributed by atoms with Gasteiger partial charge in [0, 0.05) is 17.2 Å². The summed E-state index contributed by atoms with van der Waals surface area (Å²) in [5.41, 5.74) is 1.45. The van der Waals surface area contributed by atoms with Gasteiger partial charge in [-0.25, -0.2) is 4.98 Å². The minimum Gasteiger partial charge on any atom is -0.316 e. The van der Waals surface area contributed by atoms with Crippen LogP contribution in [0.2, 0.25) is 0 Å². The van der Waals surface area contributed by atoms with E-state index in [0.29, 0.717) is 0 Å². The van der Waals surface area contributed by atoms with E-state index in [1.54, 1.807) is 4.88 Å². The summed E-state index contributed by atoms with van der Waals surface area (Å²) in [5, 5.41) is 4.72. The maximum Gasteiger partial charge on any atom is 0.0934 e. The molecule has 2 heterocycles. The number of nitrogens with zero attached hydrogens (tertiary/aromatic N) is 1. The predicted octanol–water partition coefficient (Wildman–Crippen LogP) is 2.34. The zero-order valence-electron chi connectivity index (χ0n) is 9.25. The number of rotatable bonds is 4. The van der Waals surface area contributed by atoms with Crippen molar-refractivity contribution in [3.63, 3.8) is 0 Å². The molecule has 0 aromatic carbocycles. The van der Waals surface area contributed by atoms with Gasteiger partial charge in [0.05, 0.1) is 10.7 Å². The highest BCUT2D eigenvalue weighted by atomic mass is 32.1. The van der Waals surface area contributed by atoms with Crippen LogP contribution in [0.15, 0.2) is 0 Å². The standard InChI is InChI=1S/C12H18N2S/c1-2-10-12(9-3-4-9)14-11(15-10)5-8-6-13-7-8/h8-9,13H,2-7H2,1H3. The number of hydrogen-bond acceptors (Lipinski definition) is 3. The van der Waals surface area contributed by atoms with Crippen molar-refractivity contribution in [3.8, 4) is 0 Å². The van der Waals surface area contributed by atoms with Crippen LogP contribution >= 0.6 is 11.3 Å². The van der Waals surface area contributed by atoms with Crippen LogP contribution in [-0.4, -0.2) is 18.1 Å². The summed E-state index contributed by atoms with van der Waals surface area (Å²) in [4.78, 5) is 6.41. The molecular formula is C12H18N2S. The summed E-state index contributed by atoms with van der Waals surface area (Å²) in [6, 6.07) is 0. The second kappa shape index (κ2) is 3.87. The molecular weight excluding hydrogens is 204 g/mol. The summed E-state index contributed by atoms with van der Waals surface area (Å²) in [6.07, 6.45) is 5.13. The molecule has 0 atom stereocenters. The molecule has 0 bridgehead atoms. The molecule has 2 nitrogen and oxygen atoms in total. The van der Waals surface area contributed by atoms with Crippen LogP contribution in [0.1, 0.15) is 41.3 Å². The van der Waals surface area contributed by atoms with Crippen molar-refractivity contribution >= 4 is 11.3 Å². The van der Waals surface area contributed by atoms with Gasteiger partial charge in [0.1, 0.15) is 0 Å². The highest BCUT2D eigenvalue weighted by molar-refractivity contribution is 7.11. The van der Waals surface area contributed by atoms with Gasteiger partial charge in [0.15, 0.2) is 0 Å². The van der Waals surface area contributed by atoms with Crippen molar-refractivity contribution in [3.05, 3.63) is 15.6 Å². The second-order valence-corrected chi connectivity index (χ2v) is 5.94. The number of thiazole rings is 1. The molecule has 82 valence electrons. The van der Waals surface area contributed by atoms with Gasteiger partial charge in [-0.15, -0.1) is 11.3 Å². The summed E-state index contributed by atoms with van der Waals surface area (Å²) < 4.78 is 0. The van der Waals surface area contributed by atoms with E-state index in [2.05, 4.69) is 12.2 Å². The average Bonchev–Trinajstić information content (AvgIpc) is 2.93. The van der Waals surface area contributed by atoms with E-state index in [4.69, 9.17) is 4.98 Å². The van der Waals surface area contributed by atoms with Crippen molar-refractivity contribution in [2.75, 3.05) is 13.1 Å². The van der Waals surface area contributed by atoms with Crippen molar-refractivity contribution in [1.29, 1.82) is 0 Å². The smallest absolute Gasteiger partial charge is 0.0934 e. The lowest BCUT2D eigenvalue weighted by Gasteiger charge is -2.25. The van der Waals surface area contributed by atoms with Crippen LogP contribution in [-0.2, 0) is 12.8 Å². The van der Waals surface area contributed by atoms with Crippen LogP contribution in [0.4, 0.5) is 0 Å². The summed E-state index contributed by atoms with van der Waals surface area (Å²) in [6.45, 7) is 4.65.